The van der Waals surface area contributed by atoms with E-state index in [2.05, 4.69) is 60.8 Å². The Kier molecular flexibility index (Phi) is 8.14. The number of hydrogen-bond acceptors (Lipinski definition) is 5. The largest absolute Gasteiger partial charge is 0.295 e. The van der Waals surface area contributed by atoms with Crippen LogP contribution in [0.2, 0.25) is 39.3 Å². The number of carbonyl (C=O) groups excluding carboxylic acids is 1. The van der Waals surface area contributed by atoms with Gasteiger partial charge in [0.1, 0.15) is 5.71 Å². The minimum atomic E-state index is -1.90. The molecule has 2 aromatic carbocycles. The summed E-state index contributed by atoms with van der Waals surface area (Å²) in [7, 11) is -3.75. The van der Waals surface area contributed by atoms with E-state index in [1.807, 2.05) is 62.4 Å². The van der Waals surface area contributed by atoms with E-state index in [9.17, 15) is 4.79 Å². The Bertz CT molecular complexity index is 930. The maximum atomic E-state index is 13.0. The Morgan fingerprint density at radius 3 is 1.48 bits per heavy atom. The van der Waals surface area contributed by atoms with Gasteiger partial charge < -0.3 is 0 Å². The van der Waals surface area contributed by atoms with Crippen molar-refractivity contribution in [1.82, 2.24) is 0 Å². The summed E-state index contributed by atoms with van der Waals surface area (Å²) in [6.45, 7) is 17.2. The first-order chi connectivity index (χ1) is 14.4. The minimum absolute atomic E-state index is 0.00372. The Balaban J connectivity index is 2.62. The Labute approximate surface area is 189 Å². The topological polar surface area (TPSA) is 48.3 Å². The summed E-state index contributed by atoms with van der Waals surface area (Å²) >= 11 is 0. The molecular formula is C24H36N4OSi2. The molecule has 2 aromatic rings. The summed E-state index contributed by atoms with van der Waals surface area (Å²) in [6.07, 6.45) is 0.387. The zero-order valence-corrected chi connectivity index (χ0v) is 22.2. The molecular weight excluding hydrogens is 416 g/mol. The lowest BCUT2D eigenvalue weighted by atomic mass is 10.1. The second kappa shape index (κ2) is 10.2. The third-order valence-corrected chi connectivity index (χ3v) is 7.91. The van der Waals surface area contributed by atoms with E-state index in [0.717, 1.165) is 11.4 Å². The lowest BCUT2D eigenvalue weighted by Gasteiger charge is -2.33. The van der Waals surface area contributed by atoms with Gasteiger partial charge in [0.05, 0.1) is 5.71 Å². The van der Waals surface area contributed by atoms with Crippen molar-refractivity contribution < 1.29 is 4.79 Å². The van der Waals surface area contributed by atoms with Crippen molar-refractivity contribution in [1.29, 1.82) is 0 Å². The SMILES string of the molecule is CCC(=O)C(=N\N(c1ccccc1)[Si](C)(C)C)/C(C)=N/N(c1ccccc1)[Si](C)(C)C. The molecule has 31 heavy (non-hydrogen) atoms. The maximum Gasteiger partial charge on any atom is 0.184 e. The molecule has 0 radical (unpaired) electrons. The highest BCUT2D eigenvalue weighted by Crippen LogP contribution is 2.24. The van der Waals surface area contributed by atoms with Gasteiger partial charge in [0.15, 0.2) is 22.3 Å². The number of benzene rings is 2. The molecule has 0 fully saturated rings. The number of carbonyl (C=O) groups is 1. The monoisotopic (exact) mass is 452 g/mol. The average molecular weight is 453 g/mol. The van der Waals surface area contributed by atoms with Crippen LogP contribution in [0.1, 0.15) is 20.3 Å². The summed E-state index contributed by atoms with van der Waals surface area (Å²) in [6, 6.07) is 20.2. The Morgan fingerprint density at radius 2 is 1.13 bits per heavy atom. The molecule has 0 amide bonds. The van der Waals surface area contributed by atoms with E-state index in [-0.39, 0.29) is 5.78 Å². The van der Waals surface area contributed by atoms with E-state index in [0.29, 0.717) is 17.8 Å². The highest BCUT2D eigenvalue weighted by molar-refractivity contribution is 6.81. The fourth-order valence-electron chi connectivity index (χ4n) is 3.12. The van der Waals surface area contributed by atoms with Gasteiger partial charge in [-0.15, -0.1) is 0 Å². The number of hydrazone groups is 2. The fraction of sp³-hybridized carbons (Fsp3) is 0.375. The highest BCUT2D eigenvalue weighted by Gasteiger charge is 2.29. The molecule has 0 spiro atoms. The number of rotatable bonds is 9. The number of hydrogen-bond donors (Lipinski definition) is 0. The highest BCUT2D eigenvalue weighted by atomic mass is 28.3. The first-order valence-corrected chi connectivity index (χ1v) is 17.7. The van der Waals surface area contributed by atoms with Gasteiger partial charge in [-0.1, -0.05) is 43.3 Å². The molecule has 0 bridgehead atoms. The second-order valence-corrected chi connectivity index (χ2v) is 19.1. The van der Waals surface area contributed by atoms with Crippen molar-refractivity contribution in [2.24, 2.45) is 10.2 Å². The van der Waals surface area contributed by atoms with E-state index in [1.165, 1.54) is 0 Å². The van der Waals surface area contributed by atoms with Crippen LogP contribution in [0.3, 0.4) is 0 Å². The van der Waals surface area contributed by atoms with Crippen LogP contribution in [0.5, 0.6) is 0 Å². The van der Waals surface area contributed by atoms with Gasteiger partial charge in [-0.3, -0.25) is 14.1 Å². The van der Waals surface area contributed by atoms with Crippen molar-refractivity contribution in [2.75, 3.05) is 9.35 Å². The van der Waals surface area contributed by atoms with Crippen LogP contribution in [-0.2, 0) is 4.79 Å². The third-order valence-electron chi connectivity index (χ3n) is 4.65. The van der Waals surface area contributed by atoms with E-state index in [1.54, 1.807) is 0 Å². The number of nitrogens with zero attached hydrogens (tertiary/aromatic N) is 4. The summed E-state index contributed by atoms with van der Waals surface area (Å²) in [4.78, 5) is 13.0. The van der Waals surface area contributed by atoms with Crippen molar-refractivity contribution in [2.45, 2.75) is 59.6 Å². The number of Topliss-reactive ketones (excluding diaryl/α,β-unsaturated/α-hetero) is 1. The van der Waals surface area contributed by atoms with Crippen LogP contribution in [0.4, 0.5) is 11.4 Å². The molecule has 0 heterocycles. The molecule has 5 nitrogen and oxygen atoms in total. The van der Waals surface area contributed by atoms with Crippen molar-refractivity contribution in [3.63, 3.8) is 0 Å². The zero-order valence-electron chi connectivity index (χ0n) is 20.2. The predicted molar refractivity (Wildman–Crippen MR) is 140 cm³/mol. The summed E-state index contributed by atoms with van der Waals surface area (Å²) in [5.74, 6) is 0.00372. The first kappa shape index (κ1) is 24.8. The molecule has 0 aliphatic carbocycles. The molecule has 0 N–H and O–H groups in total. The molecule has 0 atom stereocenters. The second-order valence-electron chi connectivity index (χ2n) is 9.55. The van der Waals surface area contributed by atoms with Crippen LogP contribution in [0, 0.1) is 0 Å². The molecule has 166 valence electrons. The Hall–Kier alpha value is -2.52. The van der Waals surface area contributed by atoms with Crippen LogP contribution in [-0.4, -0.2) is 33.7 Å². The standard InChI is InChI=1S/C24H36N4OSi2/c1-9-23(29)24(26-28(31(6,7)8)22-18-14-11-15-19-22)20(2)25-27(30(3,4)5)21-16-12-10-13-17-21/h10-19H,9H2,1-8H3/b25-20+,26-24-. The Morgan fingerprint density at radius 1 is 0.742 bits per heavy atom. The number of anilines is 2. The molecule has 0 unspecified atom stereocenters. The van der Waals surface area contributed by atoms with Crippen molar-refractivity contribution in [3.8, 4) is 0 Å². The van der Waals surface area contributed by atoms with Crippen LogP contribution in [0.25, 0.3) is 0 Å². The van der Waals surface area contributed by atoms with Gasteiger partial charge >= 0.3 is 0 Å². The first-order valence-electron chi connectivity index (χ1n) is 10.8. The molecule has 2 rings (SSSR count). The molecule has 0 aliphatic heterocycles. The number of ketones is 1. The van der Waals surface area contributed by atoms with E-state index in [4.69, 9.17) is 10.2 Å². The van der Waals surface area contributed by atoms with Gasteiger partial charge in [0, 0.05) is 17.8 Å². The quantitative estimate of drug-likeness (QED) is 0.252. The zero-order chi connectivity index (χ0) is 23.2. The van der Waals surface area contributed by atoms with Crippen LogP contribution < -0.4 is 9.35 Å². The molecule has 0 aromatic heterocycles. The summed E-state index contributed by atoms with van der Waals surface area (Å²) in [5.41, 5.74) is 3.13. The van der Waals surface area contributed by atoms with Gasteiger partial charge in [0.2, 0.25) is 0 Å². The number of para-hydroxylation sites is 2. The molecule has 0 saturated heterocycles. The van der Waals surface area contributed by atoms with Gasteiger partial charge in [0.25, 0.3) is 0 Å². The van der Waals surface area contributed by atoms with Crippen molar-refractivity contribution in [3.05, 3.63) is 60.7 Å². The van der Waals surface area contributed by atoms with Crippen LogP contribution >= 0.6 is 0 Å². The summed E-state index contributed by atoms with van der Waals surface area (Å²) in [5, 5.41) is 9.90. The molecule has 0 aliphatic rings. The van der Waals surface area contributed by atoms with Crippen molar-refractivity contribution >= 4 is 45.1 Å². The predicted octanol–water partition coefficient (Wildman–Crippen LogP) is 6.38. The van der Waals surface area contributed by atoms with Gasteiger partial charge in [-0.2, -0.15) is 10.2 Å². The molecule has 7 heteroatoms. The van der Waals surface area contributed by atoms with Crippen LogP contribution in [0.15, 0.2) is 70.9 Å². The fourth-order valence-corrected chi connectivity index (χ4v) is 5.82. The smallest absolute Gasteiger partial charge is 0.184 e. The lowest BCUT2D eigenvalue weighted by molar-refractivity contribution is -0.112. The molecule has 0 saturated carbocycles. The minimum Gasteiger partial charge on any atom is -0.295 e. The average Bonchev–Trinajstić information content (AvgIpc) is 2.71. The van der Waals surface area contributed by atoms with Gasteiger partial charge in [-0.25, -0.2) is 0 Å². The lowest BCUT2D eigenvalue weighted by Crippen LogP contribution is -2.46. The van der Waals surface area contributed by atoms with E-state index < -0.39 is 16.5 Å². The third kappa shape index (κ3) is 6.73. The van der Waals surface area contributed by atoms with Gasteiger partial charge in [-0.05, 0) is 70.5 Å². The van der Waals surface area contributed by atoms with E-state index >= 15 is 0 Å². The summed E-state index contributed by atoms with van der Waals surface area (Å²) < 4.78 is 4.15. The maximum absolute atomic E-state index is 13.0. The normalized spacial score (nSPS) is 13.2.